The Morgan fingerprint density at radius 1 is 1.53 bits per heavy atom. The molecule has 78 valence electrons. The summed E-state index contributed by atoms with van der Waals surface area (Å²) in [6.45, 7) is 1.98. The van der Waals surface area contributed by atoms with Crippen LogP contribution in [0, 0.1) is 0 Å². The Kier molecular flexibility index (Phi) is 1.79. The molecule has 0 saturated heterocycles. The molecular formula is C11H14N4. The smallest absolute Gasteiger partial charge is 0.155 e. The second-order valence-corrected chi connectivity index (χ2v) is 4.30. The molecule has 1 aliphatic rings. The van der Waals surface area contributed by atoms with E-state index in [0.717, 1.165) is 17.0 Å². The monoisotopic (exact) mass is 202 g/mol. The maximum atomic E-state index is 5.83. The third kappa shape index (κ3) is 1.51. The first-order valence-corrected chi connectivity index (χ1v) is 5.36. The van der Waals surface area contributed by atoms with Crippen molar-refractivity contribution in [1.82, 2.24) is 14.6 Å². The van der Waals surface area contributed by atoms with E-state index in [1.165, 1.54) is 12.8 Å². The van der Waals surface area contributed by atoms with Crippen molar-refractivity contribution in [2.45, 2.75) is 31.7 Å². The highest BCUT2D eigenvalue weighted by atomic mass is 15.3. The van der Waals surface area contributed by atoms with Crippen LogP contribution in [0.5, 0.6) is 0 Å². The van der Waals surface area contributed by atoms with Crippen molar-refractivity contribution in [1.29, 1.82) is 0 Å². The SMILES string of the molecule is CC(N)c1ccn2nc(C3CC3)nc2c1. The predicted molar refractivity (Wildman–Crippen MR) is 57.6 cm³/mol. The maximum Gasteiger partial charge on any atom is 0.155 e. The average molecular weight is 202 g/mol. The van der Waals surface area contributed by atoms with Crippen LogP contribution >= 0.6 is 0 Å². The molecule has 0 bridgehead atoms. The Morgan fingerprint density at radius 3 is 3.00 bits per heavy atom. The van der Waals surface area contributed by atoms with E-state index < -0.39 is 0 Å². The van der Waals surface area contributed by atoms with Crippen molar-refractivity contribution in [2.24, 2.45) is 5.73 Å². The first kappa shape index (κ1) is 8.85. The van der Waals surface area contributed by atoms with Gasteiger partial charge in [-0.05, 0) is 37.5 Å². The van der Waals surface area contributed by atoms with Crippen LogP contribution in [-0.2, 0) is 0 Å². The summed E-state index contributed by atoms with van der Waals surface area (Å²) in [6.07, 6.45) is 4.40. The average Bonchev–Trinajstić information content (AvgIpc) is 2.97. The van der Waals surface area contributed by atoms with E-state index in [2.05, 4.69) is 10.1 Å². The van der Waals surface area contributed by atoms with Crippen molar-refractivity contribution < 1.29 is 0 Å². The zero-order valence-corrected chi connectivity index (χ0v) is 8.72. The lowest BCUT2D eigenvalue weighted by molar-refractivity contribution is 0.809. The van der Waals surface area contributed by atoms with Gasteiger partial charge in [0.05, 0.1) is 0 Å². The van der Waals surface area contributed by atoms with E-state index in [9.17, 15) is 0 Å². The van der Waals surface area contributed by atoms with E-state index >= 15 is 0 Å². The summed E-state index contributed by atoms with van der Waals surface area (Å²) in [7, 11) is 0. The maximum absolute atomic E-state index is 5.83. The van der Waals surface area contributed by atoms with E-state index in [-0.39, 0.29) is 6.04 Å². The van der Waals surface area contributed by atoms with Crippen LogP contribution in [0.1, 0.15) is 43.1 Å². The van der Waals surface area contributed by atoms with E-state index in [1.807, 2.05) is 29.8 Å². The molecule has 1 aliphatic carbocycles. The highest BCUT2D eigenvalue weighted by Crippen LogP contribution is 2.38. The third-order valence-electron chi connectivity index (χ3n) is 2.85. The number of aromatic nitrogens is 3. The quantitative estimate of drug-likeness (QED) is 0.805. The van der Waals surface area contributed by atoms with E-state index in [0.29, 0.717) is 5.92 Å². The van der Waals surface area contributed by atoms with Gasteiger partial charge in [-0.15, -0.1) is 0 Å². The molecule has 2 heterocycles. The Balaban J connectivity index is 2.09. The zero-order valence-electron chi connectivity index (χ0n) is 8.72. The molecule has 2 aromatic heterocycles. The van der Waals surface area contributed by atoms with Gasteiger partial charge in [-0.1, -0.05) is 0 Å². The van der Waals surface area contributed by atoms with Gasteiger partial charge in [-0.3, -0.25) is 0 Å². The van der Waals surface area contributed by atoms with Crippen LogP contribution in [0.2, 0.25) is 0 Å². The first-order chi connectivity index (χ1) is 7.24. The molecule has 1 saturated carbocycles. The van der Waals surface area contributed by atoms with Gasteiger partial charge in [-0.2, -0.15) is 5.10 Å². The molecule has 2 aromatic rings. The second kappa shape index (κ2) is 3.03. The van der Waals surface area contributed by atoms with Gasteiger partial charge >= 0.3 is 0 Å². The van der Waals surface area contributed by atoms with Gasteiger partial charge in [0.15, 0.2) is 11.5 Å². The fourth-order valence-corrected chi connectivity index (χ4v) is 1.71. The molecule has 1 unspecified atom stereocenters. The van der Waals surface area contributed by atoms with E-state index in [4.69, 9.17) is 5.73 Å². The Hall–Kier alpha value is -1.42. The minimum Gasteiger partial charge on any atom is -0.324 e. The zero-order chi connectivity index (χ0) is 10.4. The molecule has 1 atom stereocenters. The second-order valence-electron chi connectivity index (χ2n) is 4.30. The molecule has 0 radical (unpaired) electrons. The molecule has 2 N–H and O–H groups in total. The van der Waals surface area contributed by atoms with Gasteiger partial charge < -0.3 is 5.73 Å². The molecule has 1 fully saturated rings. The molecule has 3 rings (SSSR count). The Bertz CT molecular complexity index is 496. The molecule has 0 spiro atoms. The lowest BCUT2D eigenvalue weighted by atomic mass is 10.1. The van der Waals surface area contributed by atoms with Crippen LogP contribution in [-0.4, -0.2) is 14.6 Å². The number of hydrogen-bond acceptors (Lipinski definition) is 3. The lowest BCUT2D eigenvalue weighted by Crippen LogP contribution is -2.05. The highest BCUT2D eigenvalue weighted by Gasteiger charge is 2.27. The minimum atomic E-state index is 0.0519. The van der Waals surface area contributed by atoms with Gasteiger partial charge in [0.1, 0.15) is 0 Å². The van der Waals surface area contributed by atoms with Crippen molar-refractivity contribution >= 4 is 5.65 Å². The summed E-state index contributed by atoms with van der Waals surface area (Å²) >= 11 is 0. The summed E-state index contributed by atoms with van der Waals surface area (Å²) in [5.41, 5.74) is 7.84. The summed E-state index contributed by atoms with van der Waals surface area (Å²) in [4.78, 5) is 4.51. The highest BCUT2D eigenvalue weighted by molar-refractivity contribution is 5.42. The first-order valence-electron chi connectivity index (χ1n) is 5.36. The standard InChI is InChI=1S/C11H14N4/c1-7(12)9-4-5-15-10(6-9)13-11(14-15)8-2-3-8/h4-8H,2-3,12H2,1H3. The topological polar surface area (TPSA) is 56.2 Å². The molecule has 0 aromatic carbocycles. The normalized spacial score (nSPS) is 18.3. The summed E-state index contributed by atoms with van der Waals surface area (Å²) in [6, 6.07) is 4.07. The summed E-state index contributed by atoms with van der Waals surface area (Å²) in [5, 5.41) is 4.44. The fourth-order valence-electron chi connectivity index (χ4n) is 1.71. The molecule has 4 nitrogen and oxygen atoms in total. The molecular weight excluding hydrogens is 188 g/mol. The number of hydrogen-bond donors (Lipinski definition) is 1. The number of pyridine rings is 1. The molecule has 0 amide bonds. The number of nitrogens with zero attached hydrogens (tertiary/aromatic N) is 3. The lowest BCUT2D eigenvalue weighted by Gasteiger charge is -2.03. The van der Waals surface area contributed by atoms with Crippen LogP contribution in [0.15, 0.2) is 18.3 Å². The van der Waals surface area contributed by atoms with Gasteiger partial charge in [0.25, 0.3) is 0 Å². The van der Waals surface area contributed by atoms with Crippen molar-refractivity contribution in [2.75, 3.05) is 0 Å². The van der Waals surface area contributed by atoms with Crippen molar-refractivity contribution in [3.63, 3.8) is 0 Å². The number of nitrogens with two attached hydrogens (primary N) is 1. The third-order valence-corrected chi connectivity index (χ3v) is 2.85. The van der Waals surface area contributed by atoms with Crippen molar-refractivity contribution in [3.05, 3.63) is 29.7 Å². The largest absolute Gasteiger partial charge is 0.324 e. The number of rotatable bonds is 2. The molecule has 4 heteroatoms. The van der Waals surface area contributed by atoms with Gasteiger partial charge in [-0.25, -0.2) is 9.50 Å². The van der Waals surface area contributed by atoms with Gasteiger partial charge in [0.2, 0.25) is 0 Å². The van der Waals surface area contributed by atoms with Crippen LogP contribution in [0.3, 0.4) is 0 Å². The van der Waals surface area contributed by atoms with E-state index in [1.54, 1.807) is 0 Å². The Morgan fingerprint density at radius 2 is 2.33 bits per heavy atom. The number of fused-ring (bicyclic) bond motifs is 1. The Labute approximate surface area is 88.1 Å². The van der Waals surface area contributed by atoms with Gasteiger partial charge in [0, 0.05) is 18.2 Å². The summed E-state index contributed by atoms with van der Waals surface area (Å²) in [5.74, 6) is 1.58. The summed E-state index contributed by atoms with van der Waals surface area (Å²) < 4.78 is 1.83. The minimum absolute atomic E-state index is 0.0519. The molecule has 15 heavy (non-hydrogen) atoms. The van der Waals surface area contributed by atoms with Crippen LogP contribution < -0.4 is 5.73 Å². The molecule has 0 aliphatic heterocycles. The van der Waals surface area contributed by atoms with Crippen LogP contribution in [0.25, 0.3) is 5.65 Å². The van der Waals surface area contributed by atoms with Crippen molar-refractivity contribution in [3.8, 4) is 0 Å². The predicted octanol–water partition coefficient (Wildman–Crippen LogP) is 1.63. The van der Waals surface area contributed by atoms with Crippen LogP contribution in [0.4, 0.5) is 0 Å². The fraction of sp³-hybridized carbons (Fsp3) is 0.455.